The summed E-state index contributed by atoms with van der Waals surface area (Å²) in [6.45, 7) is 2.34. The van der Waals surface area contributed by atoms with Gasteiger partial charge < -0.3 is 30.5 Å². The first-order valence-electron chi connectivity index (χ1n) is 16.3. The van der Waals surface area contributed by atoms with Crippen LogP contribution in [0.15, 0.2) is 77.9 Å². The lowest BCUT2D eigenvalue weighted by Gasteiger charge is -2.22. The van der Waals surface area contributed by atoms with E-state index in [1.165, 1.54) is 18.4 Å². The number of hydrogen-bond donors (Lipinski definition) is 4. The Morgan fingerprint density at radius 1 is 1.06 bits per heavy atom. The Hall–Kier alpha value is -5.01. The summed E-state index contributed by atoms with van der Waals surface area (Å²) in [4.78, 5) is 46.7. The van der Waals surface area contributed by atoms with E-state index in [1.54, 1.807) is 30.6 Å². The van der Waals surface area contributed by atoms with E-state index >= 15 is 0 Å². The summed E-state index contributed by atoms with van der Waals surface area (Å²) in [5, 5.41) is 26.3. The van der Waals surface area contributed by atoms with Gasteiger partial charge >= 0.3 is 6.09 Å². The smallest absolute Gasteiger partial charge is 0.407 e. The first-order valence-corrected chi connectivity index (χ1v) is 17.1. The van der Waals surface area contributed by atoms with Crippen LogP contribution in [0.3, 0.4) is 0 Å². The topological polar surface area (TPSA) is 158 Å². The Morgan fingerprint density at radius 2 is 1.76 bits per heavy atom. The predicted molar refractivity (Wildman–Crippen MR) is 195 cm³/mol. The maximum atomic E-state index is 13.2. The number of rotatable bonds is 12. The third-order valence-corrected chi connectivity index (χ3v) is 9.51. The van der Waals surface area contributed by atoms with E-state index in [4.69, 9.17) is 27.9 Å². The van der Waals surface area contributed by atoms with Crippen LogP contribution in [-0.4, -0.2) is 73.8 Å². The van der Waals surface area contributed by atoms with Gasteiger partial charge in [-0.15, -0.1) is 0 Å². The van der Waals surface area contributed by atoms with E-state index in [2.05, 4.69) is 20.6 Å². The molecule has 6 rings (SSSR count). The van der Waals surface area contributed by atoms with Crippen molar-refractivity contribution in [1.29, 1.82) is 0 Å². The zero-order valence-corrected chi connectivity index (χ0v) is 29.4. The highest BCUT2D eigenvalue weighted by atomic mass is 35.5. The maximum absolute atomic E-state index is 13.2. The quantitative estimate of drug-likeness (QED) is 0.128. The number of methoxy groups -OCH3 is 1. The average Bonchev–Trinajstić information content (AvgIpc) is 3.53. The zero-order valence-electron chi connectivity index (χ0n) is 27.9. The molecule has 1 aliphatic rings. The number of amides is 2. The molecule has 2 aromatic carbocycles. The van der Waals surface area contributed by atoms with Gasteiger partial charge in [0.1, 0.15) is 5.65 Å². The Bertz CT molecular complexity index is 2170. The normalized spacial score (nSPS) is 14.8. The van der Waals surface area contributed by atoms with E-state index < -0.39 is 12.2 Å². The van der Waals surface area contributed by atoms with Crippen LogP contribution in [0.25, 0.3) is 39.2 Å². The largest absolute Gasteiger partial charge is 0.481 e. The van der Waals surface area contributed by atoms with Gasteiger partial charge in [0.2, 0.25) is 11.8 Å². The predicted octanol–water partition coefficient (Wildman–Crippen LogP) is 5.63. The fraction of sp³-hybridized carbons (Fsp3) is 0.270. The highest BCUT2D eigenvalue weighted by Gasteiger charge is 2.22. The number of carbonyl (C=O) groups excluding carboxylic acids is 1. The van der Waals surface area contributed by atoms with Crippen molar-refractivity contribution in [3.05, 3.63) is 105 Å². The van der Waals surface area contributed by atoms with E-state index in [0.717, 1.165) is 22.4 Å². The number of pyridine rings is 2. The number of halogens is 2. The van der Waals surface area contributed by atoms with Crippen LogP contribution in [0.5, 0.6) is 5.88 Å². The molecule has 1 aliphatic heterocycles. The lowest BCUT2D eigenvalue weighted by atomic mass is 9.97. The van der Waals surface area contributed by atoms with Crippen LogP contribution in [0, 0.1) is 0 Å². The maximum Gasteiger partial charge on any atom is 0.407 e. The van der Waals surface area contributed by atoms with Gasteiger partial charge in [-0.1, -0.05) is 59.6 Å². The van der Waals surface area contributed by atoms with Gasteiger partial charge in [0.15, 0.2) is 0 Å². The second kappa shape index (κ2) is 15.5. The number of nitrogens with one attached hydrogen (secondary N) is 2. The highest BCUT2D eigenvalue weighted by molar-refractivity contribution is 6.39. The third kappa shape index (κ3) is 7.84. The van der Waals surface area contributed by atoms with E-state index in [1.807, 2.05) is 42.5 Å². The van der Waals surface area contributed by atoms with Crippen molar-refractivity contribution in [2.75, 3.05) is 20.2 Å². The van der Waals surface area contributed by atoms with Crippen molar-refractivity contribution < 1.29 is 24.5 Å². The second-order valence-corrected chi connectivity index (χ2v) is 13.1. The second-order valence-electron chi connectivity index (χ2n) is 12.4. The number of ether oxygens (including phenoxy) is 1. The fourth-order valence-corrected chi connectivity index (χ4v) is 6.83. The Balaban J connectivity index is 1.26. The Kier molecular flexibility index (Phi) is 10.9. The molecule has 2 atom stereocenters. The van der Waals surface area contributed by atoms with Crippen molar-refractivity contribution in [2.45, 2.75) is 45.0 Å². The van der Waals surface area contributed by atoms with Gasteiger partial charge in [-0.25, -0.2) is 14.8 Å². The summed E-state index contributed by atoms with van der Waals surface area (Å²) in [5.74, 6) is 0.282. The molecule has 1 fully saturated rings. The molecule has 51 heavy (non-hydrogen) atoms. The molecule has 12 nitrogen and oxygen atoms in total. The van der Waals surface area contributed by atoms with Crippen LogP contribution < -0.4 is 20.9 Å². The van der Waals surface area contributed by atoms with Gasteiger partial charge in [-0.05, 0) is 43.2 Å². The monoisotopic (exact) mass is 730 g/mol. The molecule has 1 unspecified atom stereocenters. The van der Waals surface area contributed by atoms with Crippen LogP contribution in [0.2, 0.25) is 10.0 Å². The molecule has 2 amide bonds. The van der Waals surface area contributed by atoms with Gasteiger partial charge in [0.25, 0.3) is 5.56 Å². The number of aliphatic hydroxyl groups excluding tert-OH is 1. The minimum absolute atomic E-state index is 0.0213. The molecule has 5 aromatic rings. The van der Waals surface area contributed by atoms with Crippen molar-refractivity contribution in [1.82, 2.24) is 29.9 Å². The molecule has 4 heterocycles. The summed E-state index contributed by atoms with van der Waals surface area (Å²) in [6, 6.07) is 18.3. The molecule has 0 saturated carbocycles. The number of fused-ring (bicyclic) bond motifs is 1. The zero-order chi connectivity index (χ0) is 36.2. The highest BCUT2D eigenvalue weighted by Crippen LogP contribution is 2.42. The summed E-state index contributed by atoms with van der Waals surface area (Å²) in [6.07, 6.45) is 2.53. The Labute approximate surface area is 303 Å². The van der Waals surface area contributed by atoms with E-state index in [0.29, 0.717) is 68.7 Å². The molecule has 3 aromatic heterocycles. The van der Waals surface area contributed by atoms with Gasteiger partial charge in [-0.2, -0.15) is 0 Å². The molecule has 0 bridgehead atoms. The standard InChI is InChI=1S/C37H36Cl2N6O6/c1-21(46)19-44(37(49)50)20-23-9-11-30(43-35(23)51-2)29-8-4-7-28(34(29)39)27-6-3-5-26(33(27)38)22-13-14-45-31(15-22)41-17-24(36(45)48)16-40-18-25-10-12-32(47)42-25/h3-9,11,13-15,17,21,25,40,46H,10,12,16,18-20H2,1-2H3,(H,42,47)(H,49,50)/t21?,25-/m0/s1. The third-order valence-electron chi connectivity index (χ3n) is 8.70. The van der Waals surface area contributed by atoms with Gasteiger partial charge in [-0.3, -0.25) is 14.0 Å². The molecule has 4 N–H and O–H groups in total. The number of aliphatic hydroxyl groups is 1. The van der Waals surface area contributed by atoms with Gasteiger partial charge in [0.05, 0.1) is 42.0 Å². The van der Waals surface area contributed by atoms with Crippen molar-refractivity contribution in [3.8, 4) is 39.4 Å². The summed E-state index contributed by atoms with van der Waals surface area (Å²) in [5.41, 5.74) is 5.29. The molecular formula is C37H36Cl2N6O6. The number of nitrogens with zero attached hydrogens (tertiary/aromatic N) is 4. The summed E-state index contributed by atoms with van der Waals surface area (Å²) in [7, 11) is 1.45. The fourth-order valence-electron chi connectivity index (χ4n) is 6.17. The average molecular weight is 732 g/mol. The molecule has 0 radical (unpaired) electrons. The number of aromatic nitrogens is 3. The van der Waals surface area contributed by atoms with E-state index in [9.17, 15) is 24.6 Å². The summed E-state index contributed by atoms with van der Waals surface area (Å²) < 4.78 is 7.01. The van der Waals surface area contributed by atoms with E-state index in [-0.39, 0.29) is 36.5 Å². The SMILES string of the molecule is COc1nc(-c2cccc(-c3cccc(-c4ccn5c(=O)c(CNC[C@@H]6CCC(=O)N6)cnc5c4)c3Cl)c2Cl)ccc1CN(CC(C)O)C(=O)O. The number of carbonyl (C=O) groups is 2. The molecule has 14 heteroatoms. The van der Waals surface area contributed by atoms with Crippen LogP contribution in [-0.2, 0) is 17.9 Å². The first-order chi connectivity index (χ1) is 24.5. The Morgan fingerprint density at radius 3 is 2.43 bits per heavy atom. The van der Waals surface area contributed by atoms with Crippen molar-refractivity contribution >= 4 is 40.8 Å². The van der Waals surface area contributed by atoms with Crippen LogP contribution in [0.1, 0.15) is 30.9 Å². The molecular weight excluding hydrogens is 695 g/mol. The van der Waals surface area contributed by atoms with Crippen LogP contribution >= 0.6 is 23.2 Å². The lowest BCUT2D eigenvalue weighted by Crippen LogP contribution is -2.36. The molecule has 0 aliphatic carbocycles. The molecule has 0 spiro atoms. The number of benzene rings is 2. The van der Waals surface area contributed by atoms with Gasteiger partial charge in [0, 0.05) is 71.3 Å². The molecule has 264 valence electrons. The number of hydrogen-bond acceptors (Lipinski definition) is 8. The first kappa shape index (κ1) is 35.8. The van der Waals surface area contributed by atoms with Crippen LogP contribution in [0.4, 0.5) is 4.79 Å². The minimum atomic E-state index is -1.17. The molecule has 1 saturated heterocycles. The van der Waals surface area contributed by atoms with Crippen molar-refractivity contribution in [2.24, 2.45) is 0 Å². The lowest BCUT2D eigenvalue weighted by molar-refractivity contribution is -0.119. The van der Waals surface area contributed by atoms with Crippen molar-refractivity contribution in [3.63, 3.8) is 0 Å². The summed E-state index contributed by atoms with van der Waals surface area (Å²) >= 11 is 14.1. The minimum Gasteiger partial charge on any atom is -0.481 e. The number of carboxylic acid groups (broad SMARTS) is 1.